The van der Waals surface area contributed by atoms with Crippen molar-refractivity contribution >= 4 is 34.8 Å². The first kappa shape index (κ1) is 18.3. The Morgan fingerprint density at radius 2 is 1.92 bits per heavy atom. The summed E-state index contributed by atoms with van der Waals surface area (Å²) in [6.07, 6.45) is 5.15. The molecule has 0 radical (unpaired) electrons. The number of hydrogen-bond acceptors (Lipinski definition) is 6. The van der Waals surface area contributed by atoms with Crippen LogP contribution in [0.4, 0.5) is 5.95 Å². The average Bonchev–Trinajstić information content (AvgIpc) is 3.11. The van der Waals surface area contributed by atoms with E-state index in [0.717, 1.165) is 16.8 Å². The molecule has 2 N–H and O–H groups in total. The van der Waals surface area contributed by atoms with E-state index in [1.165, 1.54) is 11.3 Å². The van der Waals surface area contributed by atoms with Crippen molar-refractivity contribution in [3.63, 3.8) is 0 Å². The molecule has 0 saturated heterocycles. The number of nitrogens with one attached hydrogen (secondary N) is 2. The van der Waals surface area contributed by atoms with Gasteiger partial charge in [0, 0.05) is 31.2 Å². The molecule has 0 spiro atoms. The standard InChI is InChI=1S/C18H18ClN5OS/c1-18(2,15-13(19)5-4-6-21-15)24-17-22-8-12(9-23-17)11-7-14(26-10-11)16(25)20-3/h4-10H,1-3H3,(H,20,25)(H,22,23,24). The molecule has 0 aliphatic rings. The molecule has 26 heavy (non-hydrogen) atoms. The molecular weight excluding hydrogens is 370 g/mol. The molecule has 8 heteroatoms. The molecule has 1 amide bonds. The van der Waals surface area contributed by atoms with Crippen molar-refractivity contribution in [2.45, 2.75) is 19.4 Å². The Morgan fingerprint density at radius 1 is 1.19 bits per heavy atom. The van der Waals surface area contributed by atoms with E-state index in [1.54, 1.807) is 37.8 Å². The smallest absolute Gasteiger partial charge is 0.261 e. The van der Waals surface area contributed by atoms with Crippen LogP contribution in [0.25, 0.3) is 11.1 Å². The van der Waals surface area contributed by atoms with Gasteiger partial charge in [0.15, 0.2) is 0 Å². The Balaban J connectivity index is 1.78. The summed E-state index contributed by atoms with van der Waals surface area (Å²) in [5, 5.41) is 8.37. The van der Waals surface area contributed by atoms with Crippen LogP contribution in [0.3, 0.4) is 0 Å². The van der Waals surface area contributed by atoms with E-state index in [0.29, 0.717) is 15.8 Å². The van der Waals surface area contributed by atoms with Gasteiger partial charge < -0.3 is 10.6 Å². The number of thiophene rings is 1. The summed E-state index contributed by atoms with van der Waals surface area (Å²) in [7, 11) is 1.61. The molecule has 134 valence electrons. The van der Waals surface area contributed by atoms with E-state index < -0.39 is 5.54 Å². The summed E-state index contributed by atoms with van der Waals surface area (Å²) in [5.41, 5.74) is 1.94. The molecule has 3 heterocycles. The fourth-order valence-electron chi connectivity index (χ4n) is 2.46. The predicted molar refractivity (Wildman–Crippen MR) is 105 cm³/mol. The van der Waals surface area contributed by atoms with Gasteiger partial charge in [-0.3, -0.25) is 9.78 Å². The summed E-state index contributed by atoms with van der Waals surface area (Å²) < 4.78 is 0. The predicted octanol–water partition coefficient (Wildman–Crippen LogP) is 3.96. The number of pyridine rings is 1. The molecule has 0 aliphatic heterocycles. The lowest BCUT2D eigenvalue weighted by molar-refractivity contribution is 0.0967. The third kappa shape index (κ3) is 3.84. The van der Waals surface area contributed by atoms with E-state index in [9.17, 15) is 4.79 Å². The van der Waals surface area contributed by atoms with Gasteiger partial charge in [-0.05, 0) is 43.0 Å². The lowest BCUT2D eigenvalue weighted by atomic mass is 10.00. The van der Waals surface area contributed by atoms with E-state index in [1.807, 2.05) is 25.3 Å². The maximum Gasteiger partial charge on any atom is 0.261 e. The van der Waals surface area contributed by atoms with Gasteiger partial charge in [-0.1, -0.05) is 11.6 Å². The van der Waals surface area contributed by atoms with Gasteiger partial charge in [0.05, 0.1) is 21.1 Å². The zero-order chi connectivity index (χ0) is 18.7. The van der Waals surface area contributed by atoms with Gasteiger partial charge in [0.25, 0.3) is 5.91 Å². The molecule has 0 atom stereocenters. The van der Waals surface area contributed by atoms with Crippen LogP contribution in [0.2, 0.25) is 5.02 Å². The minimum Gasteiger partial charge on any atom is -0.354 e. The number of carbonyl (C=O) groups excluding carboxylic acids is 1. The third-order valence-electron chi connectivity index (χ3n) is 3.81. The fourth-order valence-corrected chi connectivity index (χ4v) is 3.68. The van der Waals surface area contributed by atoms with Crippen LogP contribution in [-0.2, 0) is 5.54 Å². The SMILES string of the molecule is CNC(=O)c1cc(-c2cnc(NC(C)(C)c3ncccc3Cl)nc2)cs1. The number of amides is 1. The normalized spacial score (nSPS) is 11.2. The van der Waals surface area contributed by atoms with Crippen LogP contribution < -0.4 is 10.6 Å². The first-order valence-electron chi connectivity index (χ1n) is 7.93. The Bertz CT molecular complexity index is 923. The van der Waals surface area contributed by atoms with E-state index in [2.05, 4.69) is 25.6 Å². The van der Waals surface area contributed by atoms with Crippen LogP contribution in [0.15, 0.2) is 42.2 Å². The second kappa shape index (κ2) is 7.39. The van der Waals surface area contributed by atoms with Crippen LogP contribution in [0.5, 0.6) is 0 Å². The lowest BCUT2D eigenvalue weighted by Gasteiger charge is -2.26. The van der Waals surface area contributed by atoms with Gasteiger partial charge in [0.1, 0.15) is 0 Å². The number of hydrogen-bond donors (Lipinski definition) is 2. The van der Waals surface area contributed by atoms with Crippen LogP contribution in [0, 0.1) is 0 Å². The number of nitrogens with zero attached hydrogens (tertiary/aromatic N) is 3. The topological polar surface area (TPSA) is 79.8 Å². The molecule has 0 aliphatic carbocycles. The molecule has 0 aromatic carbocycles. The first-order chi connectivity index (χ1) is 12.4. The summed E-state index contributed by atoms with van der Waals surface area (Å²) in [5.74, 6) is 0.372. The van der Waals surface area contributed by atoms with Crippen molar-refractivity contribution in [1.29, 1.82) is 0 Å². The van der Waals surface area contributed by atoms with E-state index in [-0.39, 0.29) is 5.91 Å². The van der Waals surface area contributed by atoms with Crippen molar-refractivity contribution in [1.82, 2.24) is 20.3 Å². The monoisotopic (exact) mass is 387 g/mol. The maximum atomic E-state index is 11.7. The summed E-state index contributed by atoms with van der Waals surface area (Å²) in [4.78, 5) is 25.4. The Labute approximate surface area is 160 Å². The molecular formula is C18H18ClN5OS. The third-order valence-corrected chi connectivity index (χ3v) is 5.04. The summed E-state index contributed by atoms with van der Waals surface area (Å²) in [6.45, 7) is 3.93. The highest BCUT2D eigenvalue weighted by Crippen LogP contribution is 2.29. The molecule has 0 fully saturated rings. The molecule has 3 rings (SSSR count). The zero-order valence-electron chi connectivity index (χ0n) is 14.6. The minimum atomic E-state index is -0.533. The Hall–Kier alpha value is -2.51. The lowest BCUT2D eigenvalue weighted by Crippen LogP contribution is -2.30. The van der Waals surface area contributed by atoms with Gasteiger partial charge in [-0.25, -0.2) is 9.97 Å². The maximum absolute atomic E-state index is 11.7. The number of aromatic nitrogens is 3. The van der Waals surface area contributed by atoms with Crippen LogP contribution in [0.1, 0.15) is 29.2 Å². The Kier molecular flexibility index (Phi) is 5.20. The number of rotatable bonds is 5. The van der Waals surface area contributed by atoms with Crippen molar-refractivity contribution < 1.29 is 4.79 Å². The van der Waals surface area contributed by atoms with Crippen LogP contribution >= 0.6 is 22.9 Å². The molecule has 0 unspecified atom stereocenters. The van der Waals surface area contributed by atoms with Crippen molar-refractivity contribution in [2.75, 3.05) is 12.4 Å². The molecule has 0 saturated carbocycles. The highest BCUT2D eigenvalue weighted by molar-refractivity contribution is 7.12. The zero-order valence-corrected chi connectivity index (χ0v) is 16.1. The van der Waals surface area contributed by atoms with Gasteiger partial charge >= 0.3 is 0 Å². The van der Waals surface area contributed by atoms with Crippen molar-refractivity contribution in [3.8, 4) is 11.1 Å². The number of halogens is 1. The second-order valence-corrected chi connectivity index (χ2v) is 7.48. The van der Waals surface area contributed by atoms with Gasteiger partial charge in [-0.15, -0.1) is 11.3 Å². The summed E-state index contributed by atoms with van der Waals surface area (Å²) in [6, 6.07) is 5.42. The van der Waals surface area contributed by atoms with E-state index in [4.69, 9.17) is 11.6 Å². The second-order valence-electron chi connectivity index (χ2n) is 6.16. The number of carbonyl (C=O) groups is 1. The van der Waals surface area contributed by atoms with Gasteiger partial charge in [-0.2, -0.15) is 0 Å². The highest BCUT2D eigenvalue weighted by atomic mass is 35.5. The molecule has 3 aromatic rings. The largest absolute Gasteiger partial charge is 0.354 e. The molecule has 3 aromatic heterocycles. The number of anilines is 1. The van der Waals surface area contributed by atoms with Crippen LogP contribution in [-0.4, -0.2) is 27.9 Å². The van der Waals surface area contributed by atoms with Crippen molar-refractivity contribution in [3.05, 3.63) is 57.8 Å². The van der Waals surface area contributed by atoms with Crippen molar-refractivity contribution in [2.24, 2.45) is 0 Å². The minimum absolute atomic E-state index is 0.102. The quantitative estimate of drug-likeness (QED) is 0.692. The fraction of sp³-hybridized carbons (Fsp3) is 0.222. The van der Waals surface area contributed by atoms with Gasteiger partial charge in [0.2, 0.25) is 5.95 Å². The average molecular weight is 388 g/mol. The summed E-state index contributed by atoms with van der Waals surface area (Å²) >= 11 is 7.63. The first-order valence-corrected chi connectivity index (χ1v) is 9.18. The van der Waals surface area contributed by atoms with E-state index >= 15 is 0 Å². The highest BCUT2D eigenvalue weighted by Gasteiger charge is 2.25. The molecule has 0 bridgehead atoms. The molecule has 6 nitrogen and oxygen atoms in total. The Morgan fingerprint density at radius 3 is 2.58 bits per heavy atom.